The number of carbonyl (C=O) groups is 1. The van der Waals surface area contributed by atoms with Gasteiger partial charge in [0, 0.05) is 25.3 Å². The van der Waals surface area contributed by atoms with Gasteiger partial charge in [-0.15, -0.1) is 0 Å². The fourth-order valence-corrected chi connectivity index (χ4v) is 2.15. The fourth-order valence-electron chi connectivity index (χ4n) is 2.15. The molecule has 0 saturated carbocycles. The van der Waals surface area contributed by atoms with Crippen molar-refractivity contribution in [2.75, 3.05) is 18.9 Å². The molecule has 0 aliphatic carbocycles. The van der Waals surface area contributed by atoms with Crippen LogP contribution in [0.4, 0.5) is 10.5 Å². The average Bonchev–Trinajstić information content (AvgIpc) is 2.36. The molecule has 0 fully saturated rings. The van der Waals surface area contributed by atoms with E-state index in [2.05, 4.69) is 36.6 Å². The zero-order valence-electron chi connectivity index (χ0n) is 11.3. The average molecular weight is 247 g/mol. The van der Waals surface area contributed by atoms with E-state index in [9.17, 15) is 4.79 Å². The molecule has 0 aromatic heterocycles. The molecular formula is C14H21N3O. The van der Waals surface area contributed by atoms with Gasteiger partial charge in [-0.1, -0.05) is 19.1 Å². The van der Waals surface area contributed by atoms with Crippen molar-refractivity contribution in [2.45, 2.75) is 32.9 Å². The molecule has 0 saturated heterocycles. The fraction of sp³-hybridized carbons (Fsp3) is 0.500. The number of anilines is 1. The molecule has 1 aromatic carbocycles. The van der Waals surface area contributed by atoms with Gasteiger partial charge in [-0.05, 0) is 37.1 Å². The summed E-state index contributed by atoms with van der Waals surface area (Å²) in [5, 5.41) is 6.36. The number of nitrogens with zero attached hydrogens (tertiary/aromatic N) is 1. The van der Waals surface area contributed by atoms with Crippen LogP contribution in [0.5, 0.6) is 0 Å². The first kappa shape index (κ1) is 12.9. The van der Waals surface area contributed by atoms with E-state index in [0.29, 0.717) is 12.6 Å². The van der Waals surface area contributed by atoms with E-state index in [1.807, 2.05) is 13.1 Å². The maximum absolute atomic E-state index is 11.5. The highest BCUT2D eigenvalue weighted by Crippen LogP contribution is 2.26. The lowest BCUT2D eigenvalue weighted by Gasteiger charge is -2.27. The van der Waals surface area contributed by atoms with Crippen molar-refractivity contribution in [2.24, 2.45) is 0 Å². The highest BCUT2D eigenvalue weighted by Gasteiger charge is 2.19. The van der Waals surface area contributed by atoms with E-state index in [1.54, 1.807) is 4.90 Å². The lowest BCUT2D eigenvalue weighted by Crippen LogP contribution is -2.35. The number of rotatable bonds is 4. The Morgan fingerprint density at radius 1 is 1.50 bits per heavy atom. The van der Waals surface area contributed by atoms with E-state index in [1.165, 1.54) is 11.1 Å². The number of fused-ring (bicyclic) bond motifs is 1. The summed E-state index contributed by atoms with van der Waals surface area (Å²) in [5.41, 5.74) is 3.39. The quantitative estimate of drug-likeness (QED) is 0.859. The standard InChI is InChI=1S/C14H21N3O/c1-4-7-15-10(2)11-5-6-13-12(8-11)9-17(3)14(18)16-13/h5-6,8,10,15H,4,7,9H2,1-3H3,(H,16,18). The summed E-state index contributed by atoms with van der Waals surface area (Å²) < 4.78 is 0. The monoisotopic (exact) mass is 247 g/mol. The van der Waals surface area contributed by atoms with Gasteiger partial charge in [-0.2, -0.15) is 0 Å². The van der Waals surface area contributed by atoms with Crippen LogP contribution in [-0.4, -0.2) is 24.5 Å². The molecule has 1 aromatic rings. The van der Waals surface area contributed by atoms with Gasteiger partial charge in [-0.3, -0.25) is 0 Å². The van der Waals surface area contributed by atoms with Crippen LogP contribution in [0.1, 0.15) is 37.4 Å². The van der Waals surface area contributed by atoms with Gasteiger partial charge in [0.15, 0.2) is 0 Å². The van der Waals surface area contributed by atoms with E-state index >= 15 is 0 Å². The number of hydrogen-bond donors (Lipinski definition) is 2. The van der Waals surface area contributed by atoms with Gasteiger partial charge < -0.3 is 15.5 Å². The second-order valence-corrected chi connectivity index (χ2v) is 4.88. The van der Waals surface area contributed by atoms with Crippen LogP contribution >= 0.6 is 0 Å². The summed E-state index contributed by atoms with van der Waals surface area (Å²) >= 11 is 0. The van der Waals surface area contributed by atoms with Crippen molar-refractivity contribution < 1.29 is 4.79 Å². The van der Waals surface area contributed by atoms with Gasteiger partial charge >= 0.3 is 6.03 Å². The molecule has 4 nitrogen and oxygen atoms in total. The second kappa shape index (κ2) is 5.40. The summed E-state index contributed by atoms with van der Waals surface area (Å²) in [4.78, 5) is 13.2. The molecule has 1 unspecified atom stereocenters. The first-order valence-electron chi connectivity index (χ1n) is 6.50. The SMILES string of the molecule is CCCNC(C)c1ccc2c(c1)CN(C)C(=O)N2. The molecule has 18 heavy (non-hydrogen) atoms. The molecular weight excluding hydrogens is 226 g/mol. The molecule has 1 heterocycles. The van der Waals surface area contributed by atoms with Crippen molar-refractivity contribution in [3.63, 3.8) is 0 Å². The summed E-state index contributed by atoms with van der Waals surface area (Å²) in [5.74, 6) is 0. The minimum atomic E-state index is -0.0348. The van der Waals surface area contributed by atoms with Crippen molar-refractivity contribution >= 4 is 11.7 Å². The van der Waals surface area contributed by atoms with E-state index < -0.39 is 0 Å². The van der Waals surface area contributed by atoms with Crippen LogP contribution in [0.3, 0.4) is 0 Å². The molecule has 1 aliphatic heterocycles. The van der Waals surface area contributed by atoms with Crippen molar-refractivity contribution in [1.29, 1.82) is 0 Å². The molecule has 1 aliphatic rings. The zero-order valence-corrected chi connectivity index (χ0v) is 11.3. The normalized spacial score (nSPS) is 16.2. The highest BCUT2D eigenvalue weighted by molar-refractivity contribution is 5.92. The third-order valence-electron chi connectivity index (χ3n) is 3.33. The molecule has 0 spiro atoms. The van der Waals surface area contributed by atoms with Crippen LogP contribution in [-0.2, 0) is 6.54 Å². The zero-order chi connectivity index (χ0) is 13.1. The number of urea groups is 1. The lowest BCUT2D eigenvalue weighted by molar-refractivity contribution is 0.218. The van der Waals surface area contributed by atoms with Gasteiger partial charge in [0.05, 0.1) is 0 Å². The summed E-state index contributed by atoms with van der Waals surface area (Å²) in [7, 11) is 1.81. The Bertz CT molecular complexity index is 445. The highest BCUT2D eigenvalue weighted by atomic mass is 16.2. The van der Waals surface area contributed by atoms with E-state index in [4.69, 9.17) is 0 Å². The van der Waals surface area contributed by atoms with Crippen molar-refractivity contribution in [1.82, 2.24) is 10.2 Å². The smallest absolute Gasteiger partial charge is 0.321 e. The Morgan fingerprint density at radius 2 is 2.28 bits per heavy atom. The van der Waals surface area contributed by atoms with Gasteiger partial charge in [0.2, 0.25) is 0 Å². The minimum Gasteiger partial charge on any atom is -0.323 e. The molecule has 1 atom stereocenters. The maximum atomic E-state index is 11.5. The lowest BCUT2D eigenvalue weighted by atomic mass is 10.0. The van der Waals surface area contributed by atoms with Gasteiger partial charge in [0.25, 0.3) is 0 Å². The molecule has 0 radical (unpaired) electrons. The summed E-state index contributed by atoms with van der Waals surface area (Å²) in [6.07, 6.45) is 1.13. The summed E-state index contributed by atoms with van der Waals surface area (Å²) in [6, 6.07) is 6.57. The Kier molecular flexibility index (Phi) is 3.87. The van der Waals surface area contributed by atoms with Crippen molar-refractivity contribution in [3.8, 4) is 0 Å². The van der Waals surface area contributed by atoms with E-state index in [-0.39, 0.29) is 6.03 Å². The molecule has 0 bridgehead atoms. The molecule has 98 valence electrons. The Hall–Kier alpha value is -1.55. The number of amides is 2. The summed E-state index contributed by atoms with van der Waals surface area (Å²) in [6.45, 7) is 6.03. The second-order valence-electron chi connectivity index (χ2n) is 4.88. The first-order valence-corrected chi connectivity index (χ1v) is 6.50. The minimum absolute atomic E-state index is 0.0348. The number of nitrogens with one attached hydrogen (secondary N) is 2. The molecule has 2 N–H and O–H groups in total. The number of benzene rings is 1. The van der Waals surface area contributed by atoms with Crippen LogP contribution in [0.2, 0.25) is 0 Å². The first-order chi connectivity index (χ1) is 8.61. The third-order valence-corrected chi connectivity index (χ3v) is 3.33. The Morgan fingerprint density at radius 3 is 3.00 bits per heavy atom. The molecule has 4 heteroatoms. The predicted molar refractivity (Wildman–Crippen MR) is 73.6 cm³/mol. The predicted octanol–water partition coefficient (Wildman–Crippen LogP) is 2.72. The van der Waals surface area contributed by atoms with Crippen LogP contribution in [0.25, 0.3) is 0 Å². The Labute approximate surface area is 108 Å². The van der Waals surface area contributed by atoms with Crippen LogP contribution in [0, 0.1) is 0 Å². The maximum Gasteiger partial charge on any atom is 0.321 e. The van der Waals surface area contributed by atoms with Gasteiger partial charge in [0.1, 0.15) is 0 Å². The molecule has 2 amide bonds. The number of carbonyl (C=O) groups excluding carboxylic acids is 1. The third kappa shape index (κ3) is 2.64. The Balaban J connectivity index is 2.17. The molecule has 2 rings (SSSR count). The largest absolute Gasteiger partial charge is 0.323 e. The number of hydrogen-bond acceptors (Lipinski definition) is 2. The van der Waals surface area contributed by atoms with E-state index in [0.717, 1.165) is 18.7 Å². The van der Waals surface area contributed by atoms with Crippen molar-refractivity contribution in [3.05, 3.63) is 29.3 Å². The van der Waals surface area contributed by atoms with Crippen LogP contribution in [0.15, 0.2) is 18.2 Å². The van der Waals surface area contributed by atoms with Crippen LogP contribution < -0.4 is 10.6 Å². The topological polar surface area (TPSA) is 44.4 Å². The van der Waals surface area contributed by atoms with Gasteiger partial charge in [-0.25, -0.2) is 4.79 Å².